The number of nitrogen functional groups attached to an aromatic ring is 1. The van der Waals surface area contributed by atoms with Crippen molar-refractivity contribution in [3.63, 3.8) is 0 Å². The van der Waals surface area contributed by atoms with Crippen LogP contribution in [0.15, 0.2) is 45.8 Å². The van der Waals surface area contributed by atoms with Gasteiger partial charge in [0.25, 0.3) is 10.0 Å². The van der Waals surface area contributed by atoms with E-state index < -0.39 is 10.0 Å². The van der Waals surface area contributed by atoms with Gasteiger partial charge in [0.05, 0.1) is 10.7 Å². The van der Waals surface area contributed by atoms with E-state index in [4.69, 9.17) is 17.3 Å². The summed E-state index contributed by atoms with van der Waals surface area (Å²) in [5.74, 6) is 0. The Balaban J connectivity index is 2.43. The fourth-order valence-electron chi connectivity index (χ4n) is 1.67. The largest absolute Gasteiger partial charge is 0.399 e. The number of sulfonamides is 1. The van der Waals surface area contributed by atoms with E-state index in [1.54, 1.807) is 18.2 Å². The summed E-state index contributed by atoms with van der Waals surface area (Å²) in [7, 11) is -3.78. The van der Waals surface area contributed by atoms with Crippen LogP contribution in [0.4, 0.5) is 11.4 Å². The summed E-state index contributed by atoms with van der Waals surface area (Å²) in [6.45, 7) is 1.81. The number of benzene rings is 2. The first-order valence-electron chi connectivity index (χ1n) is 5.63. The van der Waals surface area contributed by atoms with Gasteiger partial charge in [-0.3, -0.25) is 4.72 Å². The summed E-state index contributed by atoms with van der Waals surface area (Å²) in [6.07, 6.45) is 0. The highest BCUT2D eigenvalue weighted by atomic mass is 79.9. The molecule has 0 heterocycles. The molecule has 0 aliphatic carbocycles. The molecular formula is C13H12BrClN2O2S. The zero-order valence-electron chi connectivity index (χ0n) is 10.5. The topological polar surface area (TPSA) is 72.2 Å². The number of nitrogens with one attached hydrogen (secondary N) is 1. The van der Waals surface area contributed by atoms with Gasteiger partial charge >= 0.3 is 0 Å². The van der Waals surface area contributed by atoms with Crippen LogP contribution in [0.1, 0.15) is 5.56 Å². The lowest BCUT2D eigenvalue weighted by molar-refractivity contribution is 0.601. The predicted octanol–water partition coefficient (Wildman–Crippen LogP) is 3.79. The molecule has 0 bridgehead atoms. The van der Waals surface area contributed by atoms with E-state index >= 15 is 0 Å². The van der Waals surface area contributed by atoms with Crippen molar-refractivity contribution in [3.05, 3.63) is 51.5 Å². The quantitative estimate of drug-likeness (QED) is 0.802. The Hall–Kier alpha value is -1.24. The summed E-state index contributed by atoms with van der Waals surface area (Å²) in [5, 5.41) is 0.126. The van der Waals surface area contributed by atoms with Crippen molar-refractivity contribution in [2.45, 2.75) is 11.8 Å². The SMILES string of the molecule is Cc1cc(Br)ccc1NS(=O)(=O)c1cc(N)ccc1Cl. The van der Waals surface area contributed by atoms with E-state index in [9.17, 15) is 8.42 Å². The maximum Gasteiger partial charge on any atom is 0.263 e. The van der Waals surface area contributed by atoms with E-state index in [0.717, 1.165) is 10.0 Å². The van der Waals surface area contributed by atoms with Gasteiger partial charge in [0, 0.05) is 10.2 Å². The van der Waals surface area contributed by atoms with Gasteiger partial charge in [0.15, 0.2) is 0 Å². The number of anilines is 2. The second kappa shape index (κ2) is 5.63. The average Bonchev–Trinajstić information content (AvgIpc) is 2.35. The first-order chi connectivity index (χ1) is 9.29. The van der Waals surface area contributed by atoms with E-state index in [1.807, 2.05) is 13.0 Å². The molecule has 2 rings (SSSR count). The number of aryl methyl sites for hydroxylation is 1. The minimum absolute atomic E-state index is 0.0403. The monoisotopic (exact) mass is 374 g/mol. The Bertz CT molecular complexity index is 763. The van der Waals surface area contributed by atoms with Crippen molar-refractivity contribution < 1.29 is 8.42 Å². The molecule has 0 aliphatic heterocycles. The minimum atomic E-state index is -3.78. The maximum atomic E-state index is 12.3. The lowest BCUT2D eigenvalue weighted by Gasteiger charge is -2.12. The highest BCUT2D eigenvalue weighted by molar-refractivity contribution is 9.10. The van der Waals surface area contributed by atoms with Crippen LogP contribution in [-0.2, 0) is 10.0 Å². The van der Waals surface area contributed by atoms with Crippen LogP contribution < -0.4 is 10.5 Å². The van der Waals surface area contributed by atoms with Crippen molar-refractivity contribution in [2.75, 3.05) is 10.5 Å². The lowest BCUT2D eigenvalue weighted by Crippen LogP contribution is -2.14. The second-order valence-electron chi connectivity index (χ2n) is 4.25. The zero-order chi connectivity index (χ0) is 14.9. The second-order valence-corrected chi connectivity index (χ2v) is 7.23. The van der Waals surface area contributed by atoms with Crippen LogP contribution in [-0.4, -0.2) is 8.42 Å². The molecule has 0 saturated heterocycles. The molecule has 0 amide bonds. The third-order valence-corrected chi connectivity index (χ3v) is 5.02. The minimum Gasteiger partial charge on any atom is -0.399 e. The van der Waals surface area contributed by atoms with Gasteiger partial charge in [-0.15, -0.1) is 0 Å². The first kappa shape index (κ1) is 15.2. The van der Waals surface area contributed by atoms with E-state index in [1.165, 1.54) is 12.1 Å². The standard InChI is InChI=1S/C13H12BrClN2O2S/c1-8-6-9(14)2-5-12(8)17-20(18,19)13-7-10(16)3-4-11(13)15/h2-7,17H,16H2,1H3. The molecule has 0 saturated carbocycles. The molecule has 0 aliphatic rings. The lowest BCUT2D eigenvalue weighted by atomic mass is 10.2. The third kappa shape index (κ3) is 3.26. The Morgan fingerprint density at radius 1 is 1.20 bits per heavy atom. The zero-order valence-corrected chi connectivity index (χ0v) is 13.7. The van der Waals surface area contributed by atoms with Gasteiger partial charge in [0.2, 0.25) is 0 Å². The molecule has 4 nitrogen and oxygen atoms in total. The highest BCUT2D eigenvalue weighted by Gasteiger charge is 2.19. The van der Waals surface area contributed by atoms with E-state index in [-0.39, 0.29) is 9.92 Å². The van der Waals surface area contributed by atoms with Crippen molar-refractivity contribution in [1.82, 2.24) is 0 Å². The fraction of sp³-hybridized carbons (Fsp3) is 0.0769. The molecule has 2 aromatic carbocycles. The molecular weight excluding hydrogens is 364 g/mol. The Kier molecular flexibility index (Phi) is 4.27. The average molecular weight is 376 g/mol. The van der Waals surface area contributed by atoms with E-state index in [2.05, 4.69) is 20.7 Å². The molecule has 0 fully saturated rings. The van der Waals surface area contributed by atoms with Gasteiger partial charge in [0.1, 0.15) is 4.90 Å². The van der Waals surface area contributed by atoms with Crippen LogP contribution in [0, 0.1) is 6.92 Å². The molecule has 106 valence electrons. The molecule has 20 heavy (non-hydrogen) atoms. The molecule has 3 N–H and O–H groups in total. The molecule has 0 unspecified atom stereocenters. The van der Waals surface area contributed by atoms with Gasteiger partial charge in [-0.1, -0.05) is 27.5 Å². The third-order valence-electron chi connectivity index (χ3n) is 2.68. The summed E-state index contributed by atoms with van der Waals surface area (Å²) in [4.78, 5) is -0.0403. The number of rotatable bonds is 3. The Morgan fingerprint density at radius 3 is 2.55 bits per heavy atom. The number of halogens is 2. The molecule has 2 aromatic rings. The number of nitrogens with two attached hydrogens (primary N) is 1. The maximum absolute atomic E-state index is 12.3. The molecule has 7 heteroatoms. The Labute approximate surface area is 131 Å². The number of hydrogen-bond acceptors (Lipinski definition) is 3. The van der Waals surface area contributed by atoms with Crippen molar-refractivity contribution >= 4 is 48.9 Å². The predicted molar refractivity (Wildman–Crippen MR) is 85.6 cm³/mol. The molecule has 0 atom stereocenters. The fourth-order valence-corrected chi connectivity index (χ4v) is 3.81. The summed E-state index contributed by atoms with van der Waals surface area (Å²) in [5.41, 5.74) is 7.23. The normalized spacial score (nSPS) is 11.3. The van der Waals surface area contributed by atoms with Crippen LogP contribution in [0.3, 0.4) is 0 Å². The molecule has 0 spiro atoms. The van der Waals surface area contributed by atoms with Gasteiger partial charge in [-0.05, 0) is 48.9 Å². The smallest absolute Gasteiger partial charge is 0.263 e. The first-order valence-corrected chi connectivity index (χ1v) is 8.29. The van der Waals surface area contributed by atoms with Crippen LogP contribution in [0.5, 0.6) is 0 Å². The van der Waals surface area contributed by atoms with Crippen molar-refractivity contribution in [2.24, 2.45) is 0 Å². The van der Waals surface area contributed by atoms with Crippen LogP contribution >= 0.6 is 27.5 Å². The van der Waals surface area contributed by atoms with Crippen LogP contribution in [0.2, 0.25) is 5.02 Å². The molecule has 0 radical (unpaired) electrons. The van der Waals surface area contributed by atoms with Gasteiger partial charge < -0.3 is 5.73 Å². The van der Waals surface area contributed by atoms with Crippen molar-refractivity contribution in [3.8, 4) is 0 Å². The summed E-state index contributed by atoms with van der Waals surface area (Å²) < 4.78 is 28.1. The van der Waals surface area contributed by atoms with Crippen LogP contribution in [0.25, 0.3) is 0 Å². The Morgan fingerprint density at radius 2 is 1.90 bits per heavy atom. The van der Waals surface area contributed by atoms with Gasteiger partial charge in [-0.2, -0.15) is 0 Å². The van der Waals surface area contributed by atoms with Crippen molar-refractivity contribution in [1.29, 1.82) is 0 Å². The summed E-state index contributed by atoms with van der Waals surface area (Å²) in [6, 6.07) is 9.59. The summed E-state index contributed by atoms with van der Waals surface area (Å²) >= 11 is 9.26. The highest BCUT2D eigenvalue weighted by Crippen LogP contribution is 2.27. The number of hydrogen-bond donors (Lipinski definition) is 2. The van der Waals surface area contributed by atoms with E-state index in [0.29, 0.717) is 11.4 Å². The molecule has 0 aromatic heterocycles. The van der Waals surface area contributed by atoms with Gasteiger partial charge in [-0.25, -0.2) is 8.42 Å².